The summed E-state index contributed by atoms with van der Waals surface area (Å²) in [5.41, 5.74) is 3.54. The molecule has 0 unspecified atom stereocenters. The first kappa shape index (κ1) is 15.7. The Morgan fingerprint density at radius 3 is 2.68 bits per heavy atom. The van der Waals surface area contributed by atoms with Crippen LogP contribution < -0.4 is 4.74 Å². The highest BCUT2D eigenvalue weighted by Crippen LogP contribution is 2.41. The molecule has 0 bridgehead atoms. The Hall–Kier alpha value is -2.85. The lowest BCUT2D eigenvalue weighted by molar-refractivity contribution is -0.119. The Morgan fingerprint density at radius 1 is 1.12 bits per heavy atom. The van der Waals surface area contributed by atoms with Crippen molar-refractivity contribution in [1.82, 2.24) is 9.78 Å². The molecule has 0 aliphatic carbocycles. The van der Waals surface area contributed by atoms with E-state index in [1.165, 1.54) is 0 Å². The Labute approximate surface area is 150 Å². The van der Waals surface area contributed by atoms with Crippen LogP contribution in [0.3, 0.4) is 0 Å². The van der Waals surface area contributed by atoms with Crippen LogP contribution in [0, 0.1) is 0 Å². The lowest BCUT2D eigenvalue weighted by Crippen LogP contribution is -2.16. The average Bonchev–Trinajstić information content (AvgIpc) is 3.02. The maximum absolute atomic E-state index is 12.5. The molecule has 0 fully saturated rings. The Balaban J connectivity index is 1.62. The molecule has 124 valence electrons. The van der Waals surface area contributed by atoms with Crippen LogP contribution in [-0.2, 0) is 17.8 Å². The molecule has 4 rings (SSSR count). The molecule has 2 aromatic carbocycles. The SMILES string of the molecule is C=C1Oc2ccccc2-c2c1cnn2CC(=O)Cc1ccc(Cl)cc1. The smallest absolute Gasteiger partial charge is 0.158 e. The third-order valence-corrected chi connectivity index (χ3v) is 4.41. The summed E-state index contributed by atoms with van der Waals surface area (Å²) in [6.45, 7) is 4.14. The number of hydrogen-bond acceptors (Lipinski definition) is 3. The number of carbonyl (C=O) groups is 1. The molecule has 1 aromatic heterocycles. The molecule has 0 radical (unpaired) electrons. The number of hydrogen-bond donors (Lipinski definition) is 0. The standard InChI is InChI=1S/C20H15ClN2O2/c1-13-18-11-22-23(20(18)17-4-2-3-5-19(17)25-13)12-16(24)10-14-6-8-15(21)9-7-14/h2-9,11H,1,10,12H2. The molecule has 0 atom stereocenters. The number of carbonyl (C=O) groups excluding carboxylic acids is 1. The Morgan fingerprint density at radius 2 is 1.88 bits per heavy atom. The second-order valence-corrected chi connectivity index (χ2v) is 6.36. The number of benzene rings is 2. The number of aromatic nitrogens is 2. The van der Waals surface area contributed by atoms with Crippen LogP contribution in [-0.4, -0.2) is 15.6 Å². The van der Waals surface area contributed by atoms with E-state index < -0.39 is 0 Å². The molecule has 25 heavy (non-hydrogen) atoms. The first-order valence-electron chi connectivity index (χ1n) is 7.90. The highest BCUT2D eigenvalue weighted by molar-refractivity contribution is 6.30. The Bertz CT molecular complexity index is 974. The van der Waals surface area contributed by atoms with E-state index >= 15 is 0 Å². The van der Waals surface area contributed by atoms with Gasteiger partial charge in [0.1, 0.15) is 18.1 Å². The van der Waals surface area contributed by atoms with Crippen LogP contribution in [0.2, 0.25) is 5.02 Å². The molecular weight excluding hydrogens is 336 g/mol. The van der Waals surface area contributed by atoms with E-state index in [1.54, 1.807) is 23.0 Å². The molecule has 2 heterocycles. The predicted molar refractivity (Wildman–Crippen MR) is 97.5 cm³/mol. The van der Waals surface area contributed by atoms with Gasteiger partial charge in [-0.3, -0.25) is 9.48 Å². The van der Waals surface area contributed by atoms with Crippen molar-refractivity contribution in [3.8, 4) is 17.0 Å². The summed E-state index contributed by atoms with van der Waals surface area (Å²) in [4.78, 5) is 12.5. The molecule has 0 spiro atoms. The van der Waals surface area contributed by atoms with Crippen LogP contribution >= 0.6 is 11.6 Å². The van der Waals surface area contributed by atoms with Gasteiger partial charge in [-0.05, 0) is 29.8 Å². The molecule has 0 amide bonds. The summed E-state index contributed by atoms with van der Waals surface area (Å²) in [5.74, 6) is 1.35. The second kappa shape index (κ2) is 6.22. The highest BCUT2D eigenvalue weighted by Gasteiger charge is 2.25. The zero-order valence-corrected chi connectivity index (χ0v) is 14.2. The molecule has 4 nitrogen and oxygen atoms in total. The number of Topliss-reactive ketones (excluding diaryl/α,β-unsaturated/α-hetero) is 1. The van der Waals surface area contributed by atoms with Gasteiger partial charge in [0, 0.05) is 17.0 Å². The Kier molecular flexibility index (Phi) is 3.90. The minimum Gasteiger partial charge on any atom is -0.457 e. The molecule has 1 aliphatic heterocycles. The van der Waals surface area contributed by atoms with Gasteiger partial charge in [-0.1, -0.05) is 42.4 Å². The number of fused-ring (bicyclic) bond motifs is 3. The van der Waals surface area contributed by atoms with Crippen molar-refractivity contribution >= 4 is 23.1 Å². The fraction of sp³-hybridized carbons (Fsp3) is 0.100. The summed E-state index contributed by atoms with van der Waals surface area (Å²) in [5, 5.41) is 5.04. The monoisotopic (exact) mass is 350 g/mol. The van der Waals surface area contributed by atoms with Gasteiger partial charge >= 0.3 is 0 Å². The van der Waals surface area contributed by atoms with Crippen molar-refractivity contribution in [2.75, 3.05) is 0 Å². The van der Waals surface area contributed by atoms with Crippen molar-refractivity contribution in [2.45, 2.75) is 13.0 Å². The summed E-state index contributed by atoms with van der Waals surface area (Å²) >= 11 is 5.89. The minimum atomic E-state index is 0.0720. The van der Waals surface area contributed by atoms with Gasteiger partial charge < -0.3 is 4.74 Å². The van der Waals surface area contributed by atoms with Gasteiger partial charge in [0.2, 0.25) is 0 Å². The van der Waals surface area contributed by atoms with Crippen molar-refractivity contribution in [3.63, 3.8) is 0 Å². The first-order chi connectivity index (χ1) is 12.1. The van der Waals surface area contributed by atoms with E-state index in [4.69, 9.17) is 16.3 Å². The van der Waals surface area contributed by atoms with E-state index in [1.807, 2.05) is 36.4 Å². The quantitative estimate of drug-likeness (QED) is 0.701. The predicted octanol–water partition coefficient (Wildman–Crippen LogP) is 4.38. The van der Waals surface area contributed by atoms with Gasteiger partial charge in [-0.2, -0.15) is 5.10 Å². The zero-order chi connectivity index (χ0) is 17.4. The summed E-state index contributed by atoms with van der Waals surface area (Å²) in [6.07, 6.45) is 2.04. The lowest BCUT2D eigenvalue weighted by Gasteiger charge is -2.20. The number of ketones is 1. The third-order valence-electron chi connectivity index (χ3n) is 4.16. The summed E-state index contributed by atoms with van der Waals surface area (Å²) in [6, 6.07) is 15.0. The van der Waals surface area contributed by atoms with Crippen molar-refractivity contribution in [1.29, 1.82) is 0 Å². The van der Waals surface area contributed by atoms with Gasteiger partial charge in [-0.25, -0.2) is 0 Å². The van der Waals surface area contributed by atoms with Crippen LogP contribution in [0.15, 0.2) is 61.3 Å². The van der Waals surface area contributed by atoms with Gasteiger partial charge in [0.05, 0.1) is 17.5 Å². The molecule has 0 saturated carbocycles. The number of para-hydroxylation sites is 1. The van der Waals surface area contributed by atoms with Crippen molar-refractivity contribution in [2.24, 2.45) is 0 Å². The van der Waals surface area contributed by atoms with Crippen LogP contribution in [0.25, 0.3) is 17.0 Å². The van der Waals surface area contributed by atoms with E-state index in [0.717, 1.165) is 28.1 Å². The fourth-order valence-corrected chi connectivity index (χ4v) is 3.11. The second-order valence-electron chi connectivity index (χ2n) is 5.93. The topological polar surface area (TPSA) is 44.1 Å². The normalized spacial score (nSPS) is 12.3. The first-order valence-corrected chi connectivity index (χ1v) is 8.28. The average molecular weight is 351 g/mol. The summed E-state index contributed by atoms with van der Waals surface area (Å²) in [7, 11) is 0. The highest BCUT2D eigenvalue weighted by atomic mass is 35.5. The van der Waals surface area contributed by atoms with Crippen LogP contribution in [0.1, 0.15) is 11.1 Å². The van der Waals surface area contributed by atoms with Crippen molar-refractivity contribution in [3.05, 3.63) is 77.5 Å². The summed E-state index contributed by atoms with van der Waals surface area (Å²) < 4.78 is 7.46. The maximum Gasteiger partial charge on any atom is 0.158 e. The van der Waals surface area contributed by atoms with E-state index in [-0.39, 0.29) is 12.3 Å². The molecule has 5 heteroatoms. The molecule has 0 N–H and O–H groups in total. The molecule has 1 aliphatic rings. The molecular formula is C20H15ClN2O2. The zero-order valence-electron chi connectivity index (χ0n) is 13.4. The van der Waals surface area contributed by atoms with Gasteiger partial charge in [0.15, 0.2) is 5.78 Å². The number of nitrogens with zero attached hydrogens (tertiary/aromatic N) is 2. The lowest BCUT2D eigenvalue weighted by atomic mass is 10.0. The van der Waals surface area contributed by atoms with E-state index in [2.05, 4.69) is 11.7 Å². The number of halogens is 1. The molecule has 3 aromatic rings. The third kappa shape index (κ3) is 2.96. The van der Waals surface area contributed by atoms with Crippen LogP contribution in [0.4, 0.5) is 0 Å². The number of rotatable bonds is 4. The van der Waals surface area contributed by atoms with Gasteiger partial charge in [-0.15, -0.1) is 0 Å². The van der Waals surface area contributed by atoms with Crippen LogP contribution in [0.5, 0.6) is 5.75 Å². The van der Waals surface area contributed by atoms with Gasteiger partial charge in [0.25, 0.3) is 0 Å². The fourth-order valence-electron chi connectivity index (χ4n) is 2.99. The largest absolute Gasteiger partial charge is 0.457 e. The van der Waals surface area contributed by atoms with E-state index in [9.17, 15) is 4.79 Å². The van der Waals surface area contributed by atoms with Crippen molar-refractivity contribution < 1.29 is 9.53 Å². The van der Waals surface area contributed by atoms with E-state index in [0.29, 0.717) is 17.2 Å². The maximum atomic E-state index is 12.5. The molecule has 0 saturated heterocycles. The number of ether oxygens (including phenoxy) is 1. The minimum absolute atomic E-state index is 0.0720.